The predicted octanol–water partition coefficient (Wildman–Crippen LogP) is -2.96. The van der Waals surface area contributed by atoms with Crippen LogP contribution in [0, 0.1) is 0 Å². The Morgan fingerprint density at radius 3 is 1.33 bits per heavy atom. The summed E-state index contributed by atoms with van der Waals surface area (Å²) in [6, 6.07) is 0. The van der Waals surface area contributed by atoms with E-state index in [4.69, 9.17) is 0 Å². The fraction of sp³-hybridized carbons (Fsp3) is 0. The van der Waals surface area contributed by atoms with Crippen LogP contribution >= 0.6 is 0 Å². The van der Waals surface area contributed by atoms with Crippen molar-refractivity contribution in [2.24, 2.45) is 0 Å². The van der Waals surface area contributed by atoms with Gasteiger partial charge in [0.25, 0.3) is 0 Å². The molecule has 5 heteroatoms. The van der Waals surface area contributed by atoms with E-state index in [1.54, 1.807) is 0 Å². The number of carbonyl (C=O) groups excluding carboxylic acids is 2. The standard InChI is InChI=1S/C4H4O4.Mn/c5-3(6)1-2-4(7)8;/h1-2H,(H,5,6)(H,7,8);/q;+2/p-2/b2-1-;. The molecule has 0 spiro atoms. The molecule has 49 valence electrons. The zero-order valence-electron chi connectivity index (χ0n) is 4.17. The predicted molar refractivity (Wildman–Crippen MR) is 19.2 cm³/mol. The molecule has 0 atom stereocenters. The fourth-order valence-corrected chi connectivity index (χ4v) is 0.136. The normalized spacial score (nSPS) is 8.44. The van der Waals surface area contributed by atoms with Crippen molar-refractivity contribution in [1.29, 1.82) is 0 Å². The van der Waals surface area contributed by atoms with E-state index < -0.39 is 11.9 Å². The van der Waals surface area contributed by atoms with Crippen molar-refractivity contribution in [3.8, 4) is 0 Å². The van der Waals surface area contributed by atoms with E-state index in [1.807, 2.05) is 0 Å². The van der Waals surface area contributed by atoms with Crippen LogP contribution < -0.4 is 10.2 Å². The third-order valence-electron chi connectivity index (χ3n) is 0.355. The summed E-state index contributed by atoms with van der Waals surface area (Å²) in [5.41, 5.74) is 0. The van der Waals surface area contributed by atoms with Crippen LogP contribution in [0.5, 0.6) is 0 Å². The number of rotatable bonds is 2. The van der Waals surface area contributed by atoms with Gasteiger partial charge in [-0.1, -0.05) is 0 Å². The minimum atomic E-state index is -1.55. The Labute approximate surface area is 61.7 Å². The number of hydrogen-bond acceptors (Lipinski definition) is 4. The Morgan fingerprint density at radius 2 is 1.22 bits per heavy atom. The maximum absolute atomic E-state index is 9.41. The molecule has 0 N–H and O–H groups in total. The van der Waals surface area contributed by atoms with Crippen LogP contribution in [-0.4, -0.2) is 11.9 Å². The Hall–Kier alpha value is -0.801. The summed E-state index contributed by atoms with van der Waals surface area (Å²) in [7, 11) is 0. The smallest absolute Gasteiger partial charge is 0.545 e. The van der Waals surface area contributed by atoms with Gasteiger partial charge < -0.3 is 19.8 Å². The van der Waals surface area contributed by atoms with Crippen molar-refractivity contribution in [2.45, 2.75) is 0 Å². The van der Waals surface area contributed by atoms with E-state index in [1.165, 1.54) is 0 Å². The summed E-state index contributed by atoms with van der Waals surface area (Å²) in [5.74, 6) is -3.09. The van der Waals surface area contributed by atoms with E-state index >= 15 is 0 Å². The van der Waals surface area contributed by atoms with Gasteiger partial charge in [0.15, 0.2) is 0 Å². The molecule has 0 saturated carbocycles. The summed E-state index contributed by atoms with van der Waals surface area (Å²) in [6.45, 7) is 0. The molecule has 0 aliphatic heterocycles. The van der Waals surface area contributed by atoms with Crippen molar-refractivity contribution in [2.75, 3.05) is 0 Å². The van der Waals surface area contributed by atoms with Gasteiger partial charge in [-0.15, -0.1) is 0 Å². The Bertz CT molecular complexity index is 124. The molecule has 4 nitrogen and oxygen atoms in total. The first-order chi connectivity index (χ1) is 3.63. The second-order valence-corrected chi connectivity index (χ2v) is 0.971. The summed E-state index contributed by atoms with van der Waals surface area (Å²) in [4.78, 5) is 18.8. The first-order valence-corrected chi connectivity index (χ1v) is 1.73. The molecule has 0 aromatic heterocycles. The van der Waals surface area contributed by atoms with Gasteiger partial charge in [0.2, 0.25) is 0 Å². The van der Waals surface area contributed by atoms with E-state index in [0.717, 1.165) is 0 Å². The number of carboxylic acid groups (broad SMARTS) is 2. The van der Waals surface area contributed by atoms with Crippen LogP contribution in [0.1, 0.15) is 0 Å². The molecule has 9 heavy (non-hydrogen) atoms. The Kier molecular flexibility index (Phi) is 6.56. The molecule has 0 heterocycles. The van der Waals surface area contributed by atoms with Gasteiger partial charge in [-0.25, -0.2) is 0 Å². The van der Waals surface area contributed by atoms with Crippen LogP contribution in [0.2, 0.25) is 0 Å². The third-order valence-corrected chi connectivity index (χ3v) is 0.355. The maximum Gasteiger partial charge on any atom is 2.00 e. The van der Waals surface area contributed by atoms with Crippen molar-refractivity contribution < 1.29 is 36.9 Å². The number of aliphatic carboxylic acids is 2. The van der Waals surface area contributed by atoms with Gasteiger partial charge in [-0.3, -0.25) is 0 Å². The molecule has 0 aromatic rings. The van der Waals surface area contributed by atoms with Gasteiger partial charge in [0.05, 0.1) is 11.9 Å². The summed E-state index contributed by atoms with van der Waals surface area (Å²) in [5, 5.41) is 18.8. The van der Waals surface area contributed by atoms with Crippen molar-refractivity contribution in [3.63, 3.8) is 0 Å². The first kappa shape index (κ1) is 11.1. The van der Waals surface area contributed by atoms with Gasteiger partial charge in [-0.05, 0) is 12.2 Å². The van der Waals surface area contributed by atoms with E-state index in [-0.39, 0.29) is 17.1 Å². The number of carboxylic acids is 2. The van der Waals surface area contributed by atoms with E-state index in [0.29, 0.717) is 12.2 Å². The summed E-state index contributed by atoms with van der Waals surface area (Å²) in [6.07, 6.45) is 0.769. The molecule has 1 radical (unpaired) electrons. The topological polar surface area (TPSA) is 80.3 Å². The zero-order chi connectivity index (χ0) is 6.57. The average molecular weight is 169 g/mol. The Morgan fingerprint density at radius 1 is 1.00 bits per heavy atom. The molecule has 0 unspecified atom stereocenters. The molecule has 0 aromatic carbocycles. The molecule has 0 aliphatic carbocycles. The fourth-order valence-electron chi connectivity index (χ4n) is 0.136. The zero-order valence-corrected chi connectivity index (χ0v) is 5.35. The van der Waals surface area contributed by atoms with Crippen molar-refractivity contribution in [3.05, 3.63) is 12.2 Å². The molecule has 0 fully saturated rings. The van der Waals surface area contributed by atoms with Crippen molar-refractivity contribution in [1.82, 2.24) is 0 Å². The maximum atomic E-state index is 9.41. The molecular formula is C4H2MnO4. The summed E-state index contributed by atoms with van der Waals surface area (Å²) >= 11 is 0. The van der Waals surface area contributed by atoms with E-state index in [9.17, 15) is 19.8 Å². The molecule has 0 saturated heterocycles. The summed E-state index contributed by atoms with van der Waals surface area (Å²) < 4.78 is 0. The van der Waals surface area contributed by atoms with Gasteiger partial charge in [0, 0.05) is 0 Å². The molecule has 0 bridgehead atoms. The van der Waals surface area contributed by atoms with Gasteiger partial charge in [-0.2, -0.15) is 0 Å². The quantitative estimate of drug-likeness (QED) is 0.326. The van der Waals surface area contributed by atoms with Crippen LogP contribution in [-0.2, 0) is 26.7 Å². The average Bonchev–Trinajstić information content (AvgIpc) is 1.61. The third kappa shape index (κ3) is 11.0. The SMILES string of the molecule is O=C([O-])/C=C\C(=O)[O-].[Mn+2]. The number of hydrogen-bond donors (Lipinski definition) is 0. The van der Waals surface area contributed by atoms with Crippen molar-refractivity contribution >= 4 is 11.9 Å². The van der Waals surface area contributed by atoms with Crippen LogP contribution in [0.4, 0.5) is 0 Å². The first-order valence-electron chi connectivity index (χ1n) is 1.73. The monoisotopic (exact) mass is 169 g/mol. The van der Waals surface area contributed by atoms with Gasteiger partial charge >= 0.3 is 17.1 Å². The molecule has 0 amide bonds. The Balaban J connectivity index is 0. The minimum absolute atomic E-state index is 0. The van der Waals surface area contributed by atoms with Crippen LogP contribution in [0.25, 0.3) is 0 Å². The van der Waals surface area contributed by atoms with Crippen LogP contribution in [0.15, 0.2) is 12.2 Å². The van der Waals surface area contributed by atoms with E-state index in [2.05, 4.69) is 0 Å². The molecule has 0 rings (SSSR count). The second kappa shape index (κ2) is 5.34. The van der Waals surface area contributed by atoms with Crippen LogP contribution in [0.3, 0.4) is 0 Å². The number of carbonyl (C=O) groups is 2. The molecular weight excluding hydrogens is 167 g/mol. The molecule has 0 aliphatic rings. The largest absolute Gasteiger partial charge is 2.00 e. The minimum Gasteiger partial charge on any atom is -0.545 e. The van der Waals surface area contributed by atoms with Gasteiger partial charge in [0.1, 0.15) is 0 Å². The second-order valence-electron chi connectivity index (χ2n) is 0.971.